The molecule has 1 amide bonds. The van der Waals surface area contributed by atoms with Crippen LogP contribution in [0.15, 0.2) is 81.2 Å². The molecule has 0 bridgehead atoms. The van der Waals surface area contributed by atoms with Gasteiger partial charge < -0.3 is 4.98 Å². The van der Waals surface area contributed by atoms with Crippen LogP contribution in [0.4, 0.5) is 0 Å². The smallest absolute Gasteiger partial charge is 0.286 e. The summed E-state index contributed by atoms with van der Waals surface area (Å²) in [7, 11) is -2.85. The van der Waals surface area contributed by atoms with Crippen LogP contribution in [0.3, 0.4) is 0 Å². The predicted octanol–water partition coefficient (Wildman–Crippen LogP) is 2.47. The van der Waals surface area contributed by atoms with Gasteiger partial charge in [0.2, 0.25) is 5.56 Å². The summed E-state index contributed by atoms with van der Waals surface area (Å²) in [6.45, 7) is 0. The van der Waals surface area contributed by atoms with Gasteiger partial charge in [0.25, 0.3) is 5.91 Å². The van der Waals surface area contributed by atoms with Gasteiger partial charge in [0, 0.05) is 46.9 Å². The van der Waals surface area contributed by atoms with E-state index < -0.39 is 15.6 Å². The van der Waals surface area contributed by atoms with E-state index in [0.29, 0.717) is 16.0 Å². The second-order valence-corrected chi connectivity index (χ2v) is 7.92. The Morgan fingerprint density at radius 1 is 1.07 bits per heavy atom. The zero-order valence-electron chi connectivity index (χ0n) is 14.4. The molecule has 1 N–H and O–H groups in total. The first kappa shape index (κ1) is 18.3. The molecule has 2 aromatic heterocycles. The first-order valence-corrected chi connectivity index (χ1v) is 9.84. The monoisotopic (exact) mass is 377 g/mol. The van der Waals surface area contributed by atoms with Crippen molar-refractivity contribution < 1.29 is 9.00 Å². The van der Waals surface area contributed by atoms with E-state index >= 15 is 0 Å². The van der Waals surface area contributed by atoms with Crippen LogP contribution >= 0.6 is 0 Å². The molecule has 0 aliphatic heterocycles. The molecule has 1 atom stereocenters. The summed E-state index contributed by atoms with van der Waals surface area (Å²) in [6.07, 6.45) is 5.79. The standard InChI is InChI=1S/C20H15N3O3S/c1-27(26,18-5-3-2-4-6-18)23-20(25)17-11-16(12-21-14-17)8-7-15-9-10-19(24)22-13-15/h2-6,9-14H,1H3,(H,22,24)/t27-/m0/s1. The fraction of sp³-hybridized carbons (Fsp3) is 0.0500. The van der Waals surface area contributed by atoms with E-state index in [2.05, 4.69) is 26.2 Å². The Morgan fingerprint density at radius 2 is 1.81 bits per heavy atom. The van der Waals surface area contributed by atoms with Crippen LogP contribution in [0.25, 0.3) is 0 Å². The summed E-state index contributed by atoms with van der Waals surface area (Å²) in [5, 5.41) is 0. The van der Waals surface area contributed by atoms with E-state index in [-0.39, 0.29) is 11.1 Å². The number of hydrogen-bond acceptors (Lipinski definition) is 4. The van der Waals surface area contributed by atoms with E-state index in [4.69, 9.17) is 0 Å². The molecular formula is C20H15N3O3S. The Balaban J connectivity index is 1.88. The van der Waals surface area contributed by atoms with Crippen molar-refractivity contribution in [1.82, 2.24) is 9.97 Å². The number of benzene rings is 1. The zero-order chi connectivity index (χ0) is 19.3. The minimum Gasteiger partial charge on any atom is -0.328 e. The van der Waals surface area contributed by atoms with Gasteiger partial charge in [0.15, 0.2) is 0 Å². The molecule has 2 heterocycles. The molecule has 134 valence electrons. The summed E-state index contributed by atoms with van der Waals surface area (Å²) in [4.78, 5) is 30.5. The van der Waals surface area contributed by atoms with Gasteiger partial charge in [-0.3, -0.25) is 14.6 Å². The maximum Gasteiger partial charge on any atom is 0.286 e. The average Bonchev–Trinajstić information content (AvgIpc) is 2.68. The van der Waals surface area contributed by atoms with Gasteiger partial charge >= 0.3 is 0 Å². The molecule has 0 aliphatic rings. The topological polar surface area (TPSA) is 92.2 Å². The number of H-pyrrole nitrogens is 1. The molecule has 1 aromatic carbocycles. The van der Waals surface area contributed by atoms with Crippen LogP contribution in [0, 0.1) is 11.8 Å². The van der Waals surface area contributed by atoms with Crippen molar-refractivity contribution in [3.63, 3.8) is 0 Å². The summed E-state index contributed by atoms with van der Waals surface area (Å²) in [5.41, 5.74) is 1.12. The summed E-state index contributed by atoms with van der Waals surface area (Å²) in [5.74, 6) is 5.12. The van der Waals surface area contributed by atoms with Crippen molar-refractivity contribution in [2.45, 2.75) is 4.90 Å². The number of nitrogens with zero attached hydrogens (tertiary/aromatic N) is 2. The highest BCUT2D eigenvalue weighted by molar-refractivity contribution is 7.93. The molecule has 7 heteroatoms. The lowest BCUT2D eigenvalue weighted by Gasteiger charge is -2.03. The lowest BCUT2D eigenvalue weighted by Crippen LogP contribution is -2.04. The third-order valence-corrected chi connectivity index (χ3v) is 5.22. The second-order valence-electron chi connectivity index (χ2n) is 5.67. The van der Waals surface area contributed by atoms with E-state index in [9.17, 15) is 13.8 Å². The van der Waals surface area contributed by atoms with E-state index in [0.717, 1.165) is 0 Å². The minimum atomic E-state index is -2.85. The Hall–Kier alpha value is -3.50. The molecule has 6 nitrogen and oxygen atoms in total. The molecule has 0 radical (unpaired) electrons. The van der Waals surface area contributed by atoms with E-state index in [1.165, 1.54) is 37.0 Å². The van der Waals surface area contributed by atoms with Gasteiger partial charge in [-0.05, 0) is 24.3 Å². The highest BCUT2D eigenvalue weighted by atomic mass is 32.2. The van der Waals surface area contributed by atoms with Crippen molar-refractivity contribution in [1.29, 1.82) is 0 Å². The molecule has 0 saturated heterocycles. The fourth-order valence-corrected chi connectivity index (χ4v) is 3.38. The fourth-order valence-electron chi connectivity index (χ4n) is 2.19. The normalized spacial score (nSPS) is 12.3. The molecule has 27 heavy (non-hydrogen) atoms. The predicted molar refractivity (Wildman–Crippen MR) is 103 cm³/mol. The molecule has 0 unspecified atom stereocenters. The zero-order valence-corrected chi connectivity index (χ0v) is 15.2. The highest BCUT2D eigenvalue weighted by Gasteiger charge is 2.11. The number of carbonyl (C=O) groups is 1. The quantitative estimate of drug-likeness (QED) is 0.695. The second kappa shape index (κ2) is 7.81. The van der Waals surface area contributed by atoms with Gasteiger partial charge in [0.1, 0.15) is 0 Å². The van der Waals surface area contributed by atoms with Crippen LogP contribution < -0.4 is 5.56 Å². The summed E-state index contributed by atoms with van der Waals surface area (Å²) >= 11 is 0. The number of carbonyl (C=O) groups excluding carboxylic acids is 1. The largest absolute Gasteiger partial charge is 0.328 e. The molecule has 0 saturated carbocycles. The Morgan fingerprint density at radius 3 is 2.52 bits per heavy atom. The minimum absolute atomic E-state index is 0.203. The van der Waals surface area contributed by atoms with Crippen LogP contribution in [0.2, 0.25) is 0 Å². The van der Waals surface area contributed by atoms with Crippen molar-refractivity contribution in [3.8, 4) is 11.8 Å². The lowest BCUT2D eigenvalue weighted by molar-refractivity contribution is 0.100. The van der Waals surface area contributed by atoms with Crippen LogP contribution in [-0.4, -0.2) is 26.3 Å². The molecule has 0 aliphatic carbocycles. The maximum atomic E-state index is 12.7. The number of aromatic nitrogens is 2. The van der Waals surface area contributed by atoms with Gasteiger partial charge in [-0.25, -0.2) is 4.21 Å². The number of nitrogens with one attached hydrogen (secondary N) is 1. The maximum absolute atomic E-state index is 12.7. The summed E-state index contributed by atoms with van der Waals surface area (Å²) in [6, 6.07) is 13.1. The van der Waals surface area contributed by atoms with Crippen LogP contribution in [-0.2, 0) is 9.73 Å². The van der Waals surface area contributed by atoms with E-state index in [1.807, 2.05) is 0 Å². The molecule has 0 spiro atoms. The highest BCUT2D eigenvalue weighted by Crippen LogP contribution is 2.13. The SMILES string of the molecule is C[S@@](=O)(=NC(=O)c1cncc(C#Cc2ccc(=O)[nH]c2)c1)c1ccccc1. The Kier molecular flexibility index (Phi) is 5.29. The van der Waals surface area contributed by atoms with Crippen LogP contribution in [0.1, 0.15) is 21.5 Å². The third-order valence-electron chi connectivity index (χ3n) is 3.56. The number of hydrogen-bond donors (Lipinski definition) is 1. The third kappa shape index (κ3) is 4.77. The molecule has 3 rings (SSSR count). The molecule has 3 aromatic rings. The van der Waals surface area contributed by atoms with Crippen molar-refractivity contribution in [3.05, 3.63) is 94.2 Å². The summed E-state index contributed by atoms with van der Waals surface area (Å²) < 4.78 is 16.6. The van der Waals surface area contributed by atoms with Gasteiger partial charge in [0.05, 0.1) is 15.3 Å². The van der Waals surface area contributed by atoms with Gasteiger partial charge in [-0.1, -0.05) is 30.0 Å². The van der Waals surface area contributed by atoms with Crippen molar-refractivity contribution >= 4 is 15.6 Å². The van der Waals surface area contributed by atoms with Crippen molar-refractivity contribution in [2.24, 2.45) is 4.36 Å². The molecular weight excluding hydrogens is 362 g/mol. The number of amides is 1. The first-order chi connectivity index (χ1) is 12.9. The van der Waals surface area contributed by atoms with E-state index in [1.54, 1.807) is 36.4 Å². The van der Waals surface area contributed by atoms with Crippen molar-refractivity contribution in [2.75, 3.05) is 6.26 Å². The van der Waals surface area contributed by atoms with Gasteiger partial charge in [-0.15, -0.1) is 0 Å². The number of rotatable bonds is 2. The van der Waals surface area contributed by atoms with Crippen LogP contribution in [0.5, 0.6) is 0 Å². The Labute approximate surface area is 156 Å². The van der Waals surface area contributed by atoms with Gasteiger partial charge in [-0.2, -0.15) is 4.36 Å². The lowest BCUT2D eigenvalue weighted by atomic mass is 10.2. The number of aromatic amines is 1. The number of pyridine rings is 2. The molecule has 0 fully saturated rings. The first-order valence-electron chi connectivity index (χ1n) is 7.91. The average molecular weight is 377 g/mol. The Bertz CT molecular complexity index is 1210.